The van der Waals surface area contributed by atoms with Gasteiger partial charge >= 0.3 is 0 Å². The molecule has 0 spiro atoms. The molecule has 7 nitrogen and oxygen atoms in total. The molecule has 0 aliphatic carbocycles. The number of benzene rings is 1. The van der Waals surface area contributed by atoms with Crippen molar-refractivity contribution in [2.24, 2.45) is 0 Å². The minimum atomic E-state index is -3.29. The van der Waals surface area contributed by atoms with E-state index in [0.29, 0.717) is 5.56 Å². The Kier molecular flexibility index (Phi) is 3.19. The van der Waals surface area contributed by atoms with Crippen molar-refractivity contribution in [2.75, 3.05) is 12.0 Å². The van der Waals surface area contributed by atoms with Gasteiger partial charge in [0.25, 0.3) is 5.89 Å². The van der Waals surface area contributed by atoms with Gasteiger partial charge in [-0.15, -0.1) is 0 Å². The first-order valence-corrected chi connectivity index (χ1v) is 7.36. The third-order valence-electron chi connectivity index (χ3n) is 2.72. The summed E-state index contributed by atoms with van der Waals surface area (Å²) in [6.45, 7) is 1.48. The maximum absolute atomic E-state index is 11.4. The standard InChI is InChI=1S/C11H13N3O4S/c1-6(19(2,16)17)10-13-11(18-14-10)7-3-4-9(15)8(12)5-7/h3-6,15H,12H2,1-2H3. The predicted octanol–water partition coefficient (Wildman–Crippen LogP) is 1.13. The number of hydrogen-bond donors (Lipinski definition) is 2. The van der Waals surface area contributed by atoms with Crippen molar-refractivity contribution in [1.29, 1.82) is 0 Å². The van der Waals surface area contributed by atoms with E-state index in [-0.39, 0.29) is 23.2 Å². The van der Waals surface area contributed by atoms with Crippen molar-refractivity contribution >= 4 is 15.5 Å². The quantitative estimate of drug-likeness (QED) is 0.640. The van der Waals surface area contributed by atoms with E-state index in [2.05, 4.69) is 10.1 Å². The number of nitrogens with zero attached hydrogens (tertiary/aromatic N) is 2. The van der Waals surface area contributed by atoms with Crippen LogP contribution >= 0.6 is 0 Å². The van der Waals surface area contributed by atoms with Crippen LogP contribution in [-0.4, -0.2) is 29.9 Å². The summed E-state index contributed by atoms with van der Waals surface area (Å²) in [5.74, 6) is 0.189. The van der Waals surface area contributed by atoms with E-state index in [1.807, 2.05) is 0 Å². The van der Waals surface area contributed by atoms with E-state index in [1.54, 1.807) is 6.07 Å². The Bertz CT molecular complexity index is 708. The van der Waals surface area contributed by atoms with E-state index in [4.69, 9.17) is 10.3 Å². The van der Waals surface area contributed by atoms with Crippen LogP contribution in [0, 0.1) is 0 Å². The van der Waals surface area contributed by atoms with Gasteiger partial charge in [0.05, 0.1) is 5.69 Å². The highest BCUT2D eigenvalue weighted by molar-refractivity contribution is 7.90. The zero-order chi connectivity index (χ0) is 14.2. The molecule has 3 N–H and O–H groups in total. The summed E-state index contributed by atoms with van der Waals surface area (Å²) < 4.78 is 27.8. The summed E-state index contributed by atoms with van der Waals surface area (Å²) in [5, 5.41) is 12.1. The summed E-state index contributed by atoms with van der Waals surface area (Å²) in [7, 11) is -3.29. The Labute approximate surface area is 110 Å². The molecule has 19 heavy (non-hydrogen) atoms. The number of phenolic OH excluding ortho intramolecular Hbond substituents is 1. The van der Waals surface area contributed by atoms with Crippen molar-refractivity contribution in [3.8, 4) is 17.2 Å². The summed E-state index contributed by atoms with van der Waals surface area (Å²) in [4.78, 5) is 4.02. The Morgan fingerprint density at radius 3 is 2.68 bits per heavy atom. The number of aromatic nitrogens is 2. The minimum Gasteiger partial charge on any atom is -0.506 e. The Balaban J connectivity index is 2.38. The maximum Gasteiger partial charge on any atom is 0.258 e. The summed E-state index contributed by atoms with van der Waals surface area (Å²) >= 11 is 0. The predicted molar refractivity (Wildman–Crippen MR) is 69.1 cm³/mol. The van der Waals surface area contributed by atoms with Gasteiger partial charge in [-0.25, -0.2) is 8.42 Å². The lowest BCUT2D eigenvalue weighted by molar-refractivity contribution is 0.421. The van der Waals surface area contributed by atoms with Crippen LogP contribution in [0.1, 0.15) is 18.0 Å². The number of hydrogen-bond acceptors (Lipinski definition) is 7. The van der Waals surface area contributed by atoms with Gasteiger partial charge in [0.15, 0.2) is 15.7 Å². The van der Waals surface area contributed by atoms with E-state index in [1.165, 1.54) is 19.1 Å². The second-order valence-corrected chi connectivity index (χ2v) is 6.57. The van der Waals surface area contributed by atoms with Crippen molar-refractivity contribution in [2.45, 2.75) is 12.2 Å². The SMILES string of the molecule is CC(c1noc(-c2ccc(O)c(N)c2)n1)S(C)(=O)=O. The highest BCUT2D eigenvalue weighted by Gasteiger charge is 2.23. The number of rotatable bonds is 3. The lowest BCUT2D eigenvalue weighted by atomic mass is 10.2. The lowest BCUT2D eigenvalue weighted by Gasteiger charge is -2.02. The first-order chi connectivity index (χ1) is 8.79. The zero-order valence-corrected chi connectivity index (χ0v) is 11.2. The molecule has 1 aromatic carbocycles. The van der Waals surface area contributed by atoms with Gasteiger partial charge in [-0.2, -0.15) is 4.98 Å². The fraction of sp³-hybridized carbons (Fsp3) is 0.273. The topological polar surface area (TPSA) is 119 Å². The third-order valence-corrected chi connectivity index (χ3v) is 4.22. The van der Waals surface area contributed by atoms with E-state index < -0.39 is 15.1 Å². The highest BCUT2D eigenvalue weighted by Crippen LogP contribution is 2.28. The highest BCUT2D eigenvalue weighted by atomic mass is 32.2. The summed E-state index contributed by atoms with van der Waals surface area (Å²) in [6, 6.07) is 4.42. The molecule has 1 unspecified atom stereocenters. The molecule has 1 atom stereocenters. The van der Waals surface area contributed by atoms with Crippen LogP contribution in [0.3, 0.4) is 0 Å². The average Bonchev–Trinajstić information content (AvgIpc) is 2.79. The molecule has 1 heterocycles. The second-order valence-electron chi connectivity index (χ2n) is 4.20. The van der Waals surface area contributed by atoms with Crippen LogP contribution in [0.4, 0.5) is 5.69 Å². The molecule has 0 saturated heterocycles. The normalized spacial score (nSPS) is 13.4. The van der Waals surface area contributed by atoms with Gasteiger partial charge in [-0.05, 0) is 25.1 Å². The number of nitrogens with two attached hydrogens (primary N) is 1. The van der Waals surface area contributed by atoms with Crippen LogP contribution in [0.2, 0.25) is 0 Å². The van der Waals surface area contributed by atoms with Gasteiger partial charge in [0.1, 0.15) is 11.0 Å². The van der Waals surface area contributed by atoms with Gasteiger partial charge in [-0.1, -0.05) is 5.16 Å². The van der Waals surface area contributed by atoms with Crippen LogP contribution in [0.5, 0.6) is 5.75 Å². The largest absolute Gasteiger partial charge is 0.506 e. The van der Waals surface area contributed by atoms with Crippen LogP contribution in [0.25, 0.3) is 11.5 Å². The van der Waals surface area contributed by atoms with Gasteiger partial charge in [0.2, 0.25) is 0 Å². The maximum atomic E-state index is 11.4. The average molecular weight is 283 g/mol. The molecular weight excluding hydrogens is 270 g/mol. The minimum absolute atomic E-state index is 0.0482. The molecule has 2 aromatic rings. The molecule has 0 bridgehead atoms. The molecule has 0 amide bonds. The molecule has 0 radical (unpaired) electrons. The second kappa shape index (κ2) is 4.54. The van der Waals surface area contributed by atoms with E-state index >= 15 is 0 Å². The van der Waals surface area contributed by atoms with Crippen LogP contribution in [0.15, 0.2) is 22.7 Å². The Morgan fingerprint density at radius 2 is 2.11 bits per heavy atom. The zero-order valence-electron chi connectivity index (χ0n) is 10.4. The van der Waals surface area contributed by atoms with Gasteiger partial charge in [-0.3, -0.25) is 0 Å². The number of phenols is 1. The number of sulfone groups is 1. The van der Waals surface area contributed by atoms with Gasteiger partial charge < -0.3 is 15.4 Å². The Hall–Kier alpha value is -2.09. The monoisotopic (exact) mass is 283 g/mol. The number of aromatic hydroxyl groups is 1. The molecule has 102 valence electrons. The van der Waals surface area contributed by atoms with Crippen molar-refractivity contribution in [3.05, 3.63) is 24.0 Å². The molecule has 0 aliphatic rings. The molecule has 2 rings (SSSR count). The molecule has 0 fully saturated rings. The molecule has 0 saturated carbocycles. The van der Waals surface area contributed by atoms with Crippen molar-refractivity contribution in [3.63, 3.8) is 0 Å². The van der Waals surface area contributed by atoms with Gasteiger partial charge in [0, 0.05) is 11.8 Å². The summed E-state index contributed by atoms with van der Waals surface area (Å²) in [5.41, 5.74) is 6.24. The third kappa shape index (κ3) is 2.68. The van der Waals surface area contributed by atoms with Crippen molar-refractivity contribution < 1.29 is 18.0 Å². The molecule has 8 heteroatoms. The summed E-state index contributed by atoms with van der Waals surface area (Å²) in [6.07, 6.45) is 1.10. The Morgan fingerprint density at radius 1 is 1.42 bits per heavy atom. The van der Waals surface area contributed by atoms with Crippen molar-refractivity contribution in [1.82, 2.24) is 10.1 Å². The first-order valence-electron chi connectivity index (χ1n) is 5.40. The van der Waals surface area contributed by atoms with Crippen LogP contribution in [-0.2, 0) is 9.84 Å². The fourth-order valence-electron chi connectivity index (χ4n) is 1.40. The smallest absolute Gasteiger partial charge is 0.258 e. The van der Waals surface area contributed by atoms with Crippen LogP contribution < -0.4 is 5.73 Å². The lowest BCUT2D eigenvalue weighted by Crippen LogP contribution is -2.09. The molecule has 1 aromatic heterocycles. The number of nitrogen functional groups attached to an aromatic ring is 1. The molecular formula is C11H13N3O4S. The molecule has 0 aliphatic heterocycles. The number of anilines is 1. The van der Waals surface area contributed by atoms with E-state index in [9.17, 15) is 13.5 Å². The van der Waals surface area contributed by atoms with E-state index in [0.717, 1.165) is 6.26 Å². The fourth-order valence-corrected chi connectivity index (χ4v) is 1.87. The first kappa shape index (κ1) is 13.3.